The van der Waals surface area contributed by atoms with Gasteiger partial charge < -0.3 is 20.3 Å². The Balaban J connectivity index is 1.97. The third-order valence-electron chi connectivity index (χ3n) is 4.88. The number of hydrogen-bond donors (Lipinski definition) is 2. The number of aryl methyl sites for hydroxylation is 2. The van der Waals surface area contributed by atoms with Gasteiger partial charge in [0, 0.05) is 31.9 Å². The molecule has 1 heterocycles. The molecule has 0 aliphatic carbocycles. The zero-order valence-electron chi connectivity index (χ0n) is 15.6. The molecule has 2 atom stereocenters. The van der Waals surface area contributed by atoms with Crippen molar-refractivity contribution in [2.75, 3.05) is 32.1 Å². The van der Waals surface area contributed by atoms with Crippen LogP contribution in [0.3, 0.4) is 0 Å². The lowest BCUT2D eigenvalue weighted by Gasteiger charge is -2.37. The summed E-state index contributed by atoms with van der Waals surface area (Å²) in [4.78, 5) is 26.7. The molecule has 3 amide bonds. The highest BCUT2D eigenvalue weighted by atomic mass is 16.5. The van der Waals surface area contributed by atoms with Crippen LogP contribution in [0, 0.1) is 19.8 Å². The maximum Gasteiger partial charge on any atom is 0.322 e. The van der Waals surface area contributed by atoms with Crippen molar-refractivity contribution in [2.45, 2.75) is 39.7 Å². The number of methoxy groups -OCH3 is 1. The Labute approximate surface area is 149 Å². The summed E-state index contributed by atoms with van der Waals surface area (Å²) < 4.78 is 4.95. The summed E-state index contributed by atoms with van der Waals surface area (Å²) >= 11 is 0. The second-order valence-electron chi connectivity index (χ2n) is 6.79. The SMILES string of the molecule is COCCNC(=O)[C@H]1CC[C@@H](C)N(C(=O)Nc2ccc(C)c(C)c2)C1. The number of rotatable bonds is 5. The molecule has 25 heavy (non-hydrogen) atoms. The third kappa shape index (κ3) is 5.19. The van der Waals surface area contributed by atoms with Gasteiger partial charge in [0.25, 0.3) is 0 Å². The second-order valence-corrected chi connectivity index (χ2v) is 6.79. The summed E-state index contributed by atoms with van der Waals surface area (Å²) in [6.45, 7) is 7.52. The fourth-order valence-electron chi connectivity index (χ4n) is 3.04. The average molecular weight is 347 g/mol. The smallest absolute Gasteiger partial charge is 0.322 e. The summed E-state index contributed by atoms with van der Waals surface area (Å²) in [6.07, 6.45) is 1.62. The van der Waals surface area contributed by atoms with Gasteiger partial charge in [0.2, 0.25) is 5.91 Å². The summed E-state index contributed by atoms with van der Waals surface area (Å²) in [5, 5.41) is 5.83. The topological polar surface area (TPSA) is 70.7 Å². The van der Waals surface area contributed by atoms with E-state index in [2.05, 4.69) is 10.6 Å². The van der Waals surface area contributed by atoms with Crippen LogP contribution in [0.25, 0.3) is 0 Å². The van der Waals surface area contributed by atoms with Crippen LogP contribution < -0.4 is 10.6 Å². The Morgan fingerprint density at radius 2 is 2.00 bits per heavy atom. The number of carbonyl (C=O) groups is 2. The highest BCUT2D eigenvalue weighted by Gasteiger charge is 2.32. The molecule has 1 aromatic rings. The minimum Gasteiger partial charge on any atom is -0.383 e. The summed E-state index contributed by atoms with van der Waals surface area (Å²) in [5.41, 5.74) is 3.11. The Kier molecular flexibility index (Phi) is 6.82. The molecular formula is C19H29N3O3. The molecule has 1 aliphatic rings. The van der Waals surface area contributed by atoms with Crippen LogP contribution in [0.4, 0.5) is 10.5 Å². The van der Waals surface area contributed by atoms with Gasteiger partial charge in [0.05, 0.1) is 12.5 Å². The van der Waals surface area contributed by atoms with Crippen molar-refractivity contribution in [3.05, 3.63) is 29.3 Å². The highest BCUT2D eigenvalue weighted by molar-refractivity contribution is 5.90. The molecule has 1 saturated heterocycles. The van der Waals surface area contributed by atoms with E-state index in [1.165, 1.54) is 5.56 Å². The van der Waals surface area contributed by atoms with Crippen LogP contribution in [0.15, 0.2) is 18.2 Å². The lowest BCUT2D eigenvalue weighted by Crippen LogP contribution is -2.51. The van der Waals surface area contributed by atoms with Crippen molar-refractivity contribution in [3.8, 4) is 0 Å². The second kappa shape index (κ2) is 8.85. The zero-order chi connectivity index (χ0) is 18.4. The van der Waals surface area contributed by atoms with Gasteiger partial charge in [-0.05, 0) is 56.9 Å². The van der Waals surface area contributed by atoms with Crippen molar-refractivity contribution in [2.24, 2.45) is 5.92 Å². The zero-order valence-corrected chi connectivity index (χ0v) is 15.6. The number of amides is 3. The van der Waals surface area contributed by atoms with E-state index in [0.29, 0.717) is 19.7 Å². The molecule has 1 aromatic carbocycles. The Hall–Kier alpha value is -2.08. The van der Waals surface area contributed by atoms with E-state index in [1.807, 2.05) is 39.0 Å². The predicted octanol–water partition coefficient (Wildman–Crippen LogP) is 2.70. The van der Waals surface area contributed by atoms with Crippen molar-refractivity contribution in [1.29, 1.82) is 0 Å². The van der Waals surface area contributed by atoms with E-state index < -0.39 is 0 Å². The maximum absolute atomic E-state index is 12.7. The molecule has 0 radical (unpaired) electrons. The maximum atomic E-state index is 12.7. The van der Waals surface area contributed by atoms with E-state index in [0.717, 1.165) is 24.1 Å². The number of urea groups is 1. The molecule has 6 nitrogen and oxygen atoms in total. The Morgan fingerprint density at radius 1 is 1.24 bits per heavy atom. The standard InChI is InChI=1S/C19H29N3O3/c1-13-5-8-17(11-14(13)2)21-19(24)22-12-16(7-6-15(22)3)18(23)20-9-10-25-4/h5,8,11,15-16H,6-7,9-10,12H2,1-4H3,(H,20,23)(H,21,24)/t15-,16+/m1/s1. The third-order valence-corrected chi connectivity index (χ3v) is 4.88. The molecular weight excluding hydrogens is 318 g/mol. The first-order valence-electron chi connectivity index (χ1n) is 8.84. The van der Waals surface area contributed by atoms with Crippen LogP contribution in [0.1, 0.15) is 30.9 Å². The van der Waals surface area contributed by atoms with Gasteiger partial charge in [0.15, 0.2) is 0 Å². The molecule has 0 aromatic heterocycles. The van der Waals surface area contributed by atoms with Crippen molar-refractivity contribution in [1.82, 2.24) is 10.2 Å². The minimum atomic E-state index is -0.168. The molecule has 0 unspecified atom stereocenters. The van der Waals surface area contributed by atoms with Crippen LogP contribution in [0.2, 0.25) is 0 Å². The molecule has 0 bridgehead atoms. The number of carbonyl (C=O) groups excluding carboxylic acids is 2. The Bertz CT molecular complexity index is 618. The minimum absolute atomic E-state index is 0.00655. The van der Waals surface area contributed by atoms with E-state index in [1.54, 1.807) is 12.0 Å². The monoisotopic (exact) mass is 347 g/mol. The van der Waals surface area contributed by atoms with Crippen LogP contribution in [-0.4, -0.2) is 49.7 Å². The number of nitrogens with zero attached hydrogens (tertiary/aromatic N) is 1. The number of hydrogen-bond acceptors (Lipinski definition) is 3. The lowest BCUT2D eigenvalue weighted by molar-refractivity contribution is -0.126. The number of anilines is 1. The summed E-state index contributed by atoms with van der Waals surface area (Å²) in [5.74, 6) is -0.175. The van der Waals surface area contributed by atoms with Crippen LogP contribution in [0.5, 0.6) is 0 Å². The Morgan fingerprint density at radius 3 is 2.68 bits per heavy atom. The normalized spacial score (nSPS) is 20.2. The van der Waals surface area contributed by atoms with Crippen molar-refractivity contribution in [3.63, 3.8) is 0 Å². The van der Waals surface area contributed by atoms with Crippen LogP contribution >= 0.6 is 0 Å². The summed E-state index contributed by atoms with van der Waals surface area (Å²) in [7, 11) is 1.60. The number of likely N-dealkylation sites (tertiary alicyclic amines) is 1. The first-order valence-corrected chi connectivity index (χ1v) is 8.84. The van der Waals surface area contributed by atoms with Gasteiger partial charge in [-0.1, -0.05) is 6.07 Å². The molecule has 2 rings (SSSR count). The van der Waals surface area contributed by atoms with Gasteiger partial charge in [-0.2, -0.15) is 0 Å². The van der Waals surface area contributed by atoms with Gasteiger partial charge >= 0.3 is 6.03 Å². The van der Waals surface area contributed by atoms with Crippen molar-refractivity contribution < 1.29 is 14.3 Å². The number of ether oxygens (including phenoxy) is 1. The molecule has 6 heteroatoms. The number of piperidine rings is 1. The molecule has 138 valence electrons. The number of benzene rings is 1. The largest absolute Gasteiger partial charge is 0.383 e. The fourth-order valence-corrected chi connectivity index (χ4v) is 3.04. The molecule has 2 N–H and O–H groups in total. The molecule has 0 spiro atoms. The van der Waals surface area contributed by atoms with Gasteiger partial charge in [-0.3, -0.25) is 4.79 Å². The van der Waals surface area contributed by atoms with E-state index in [9.17, 15) is 9.59 Å². The predicted molar refractivity (Wildman–Crippen MR) is 98.7 cm³/mol. The molecule has 1 aliphatic heterocycles. The van der Waals surface area contributed by atoms with Gasteiger partial charge in [-0.15, -0.1) is 0 Å². The highest BCUT2D eigenvalue weighted by Crippen LogP contribution is 2.23. The molecule has 0 saturated carbocycles. The van der Waals surface area contributed by atoms with Crippen molar-refractivity contribution >= 4 is 17.6 Å². The van der Waals surface area contributed by atoms with Crippen LogP contribution in [-0.2, 0) is 9.53 Å². The lowest BCUT2D eigenvalue weighted by atomic mass is 9.93. The van der Waals surface area contributed by atoms with Gasteiger partial charge in [-0.25, -0.2) is 4.79 Å². The van der Waals surface area contributed by atoms with E-state index in [-0.39, 0.29) is 23.9 Å². The van der Waals surface area contributed by atoms with E-state index in [4.69, 9.17) is 4.74 Å². The first-order chi connectivity index (χ1) is 11.9. The average Bonchev–Trinajstić information content (AvgIpc) is 2.58. The fraction of sp³-hybridized carbons (Fsp3) is 0.579. The quantitative estimate of drug-likeness (QED) is 0.805. The first kappa shape index (κ1) is 19.2. The number of nitrogens with one attached hydrogen (secondary N) is 2. The molecule has 1 fully saturated rings. The summed E-state index contributed by atoms with van der Waals surface area (Å²) in [6, 6.07) is 5.84. The van der Waals surface area contributed by atoms with E-state index >= 15 is 0 Å². The van der Waals surface area contributed by atoms with Gasteiger partial charge in [0.1, 0.15) is 0 Å².